The molecule has 7 nitrogen and oxygen atoms in total. The Kier molecular flexibility index (Phi) is 3.79. The van der Waals surface area contributed by atoms with E-state index >= 15 is 0 Å². The lowest BCUT2D eigenvalue weighted by Crippen LogP contribution is -2.12. The Morgan fingerprint density at radius 2 is 2.17 bits per heavy atom. The Balaban J connectivity index is 1.59. The van der Waals surface area contributed by atoms with Crippen LogP contribution in [0.5, 0.6) is 0 Å². The highest BCUT2D eigenvalue weighted by molar-refractivity contribution is 8.00. The third-order valence-corrected chi connectivity index (χ3v) is 6.21. The van der Waals surface area contributed by atoms with Gasteiger partial charge in [0.2, 0.25) is 0 Å². The lowest BCUT2D eigenvalue weighted by molar-refractivity contribution is -0.384. The highest BCUT2D eigenvalue weighted by Gasteiger charge is 2.11. The van der Waals surface area contributed by atoms with Crippen molar-refractivity contribution in [3.8, 4) is 0 Å². The number of hydrogen-bond acceptors (Lipinski definition) is 8. The molecule has 0 fully saturated rings. The maximum absolute atomic E-state index is 12.0. The highest BCUT2D eigenvalue weighted by atomic mass is 32.2. The van der Waals surface area contributed by atoms with Gasteiger partial charge in [-0.25, -0.2) is 9.97 Å². The number of fused-ring (bicyclic) bond motifs is 2. The first-order valence-corrected chi connectivity index (χ1v) is 9.42. The smallest absolute Gasteiger partial charge is 0.269 e. The SMILES string of the molecule is O=c1cc(CSc2nc3ccc([N+](=O)[O-])cc3s2)nc2sccn12. The van der Waals surface area contributed by atoms with Crippen LogP contribution >= 0.6 is 34.4 Å². The van der Waals surface area contributed by atoms with Crippen LogP contribution in [0.25, 0.3) is 15.2 Å². The Morgan fingerprint density at radius 3 is 3.00 bits per heavy atom. The number of nitro groups is 1. The summed E-state index contributed by atoms with van der Waals surface area (Å²) in [7, 11) is 0. The first kappa shape index (κ1) is 15.2. The van der Waals surface area contributed by atoms with Crippen molar-refractivity contribution in [3.05, 3.63) is 62.0 Å². The molecule has 0 unspecified atom stereocenters. The van der Waals surface area contributed by atoms with Crippen LogP contribution in [0.1, 0.15) is 5.69 Å². The second kappa shape index (κ2) is 5.96. The van der Waals surface area contributed by atoms with Crippen LogP contribution in [0, 0.1) is 10.1 Å². The summed E-state index contributed by atoms with van der Waals surface area (Å²) in [4.78, 5) is 31.9. The summed E-state index contributed by atoms with van der Waals surface area (Å²) in [6.07, 6.45) is 1.70. The van der Waals surface area contributed by atoms with Crippen LogP contribution in [0.2, 0.25) is 0 Å². The predicted molar refractivity (Wildman–Crippen MR) is 95.2 cm³/mol. The van der Waals surface area contributed by atoms with Gasteiger partial charge in [-0.15, -0.1) is 22.7 Å². The van der Waals surface area contributed by atoms with Gasteiger partial charge in [-0.05, 0) is 6.07 Å². The quantitative estimate of drug-likeness (QED) is 0.307. The molecule has 4 aromatic rings. The molecule has 0 aliphatic carbocycles. The number of benzene rings is 1. The molecular weight excluding hydrogens is 368 g/mol. The Labute approximate surface area is 146 Å². The average Bonchev–Trinajstić information content (AvgIpc) is 3.18. The van der Waals surface area contributed by atoms with Crippen molar-refractivity contribution in [2.75, 3.05) is 0 Å². The van der Waals surface area contributed by atoms with Crippen LogP contribution in [-0.4, -0.2) is 19.3 Å². The van der Waals surface area contributed by atoms with Gasteiger partial charge < -0.3 is 0 Å². The number of aromatic nitrogens is 3. The second-order valence-electron chi connectivity index (χ2n) is 4.82. The van der Waals surface area contributed by atoms with Crippen LogP contribution in [0.4, 0.5) is 5.69 Å². The molecule has 0 radical (unpaired) electrons. The normalized spacial score (nSPS) is 11.3. The number of nitro benzene ring substituents is 1. The van der Waals surface area contributed by atoms with Gasteiger partial charge in [-0.2, -0.15) is 0 Å². The number of nitrogens with zero attached hydrogens (tertiary/aromatic N) is 4. The largest absolute Gasteiger partial charge is 0.270 e. The topological polar surface area (TPSA) is 90.4 Å². The number of thiazole rings is 2. The zero-order chi connectivity index (χ0) is 16.7. The van der Waals surface area contributed by atoms with Crippen molar-refractivity contribution in [3.63, 3.8) is 0 Å². The third kappa shape index (κ3) is 2.79. The molecule has 3 heterocycles. The molecule has 0 spiro atoms. The van der Waals surface area contributed by atoms with Crippen molar-refractivity contribution in [2.24, 2.45) is 0 Å². The molecule has 0 amide bonds. The van der Waals surface area contributed by atoms with E-state index in [4.69, 9.17) is 0 Å². The first-order valence-electron chi connectivity index (χ1n) is 6.74. The fourth-order valence-electron chi connectivity index (χ4n) is 2.16. The monoisotopic (exact) mass is 376 g/mol. The average molecular weight is 376 g/mol. The highest BCUT2D eigenvalue weighted by Crippen LogP contribution is 2.33. The second-order valence-corrected chi connectivity index (χ2v) is 7.95. The van der Waals surface area contributed by atoms with Gasteiger partial charge in [0, 0.05) is 35.5 Å². The minimum Gasteiger partial charge on any atom is -0.269 e. The van der Waals surface area contributed by atoms with E-state index in [1.165, 1.54) is 57.0 Å². The van der Waals surface area contributed by atoms with Gasteiger partial charge in [0.05, 0.1) is 20.8 Å². The zero-order valence-corrected chi connectivity index (χ0v) is 14.4. The fourth-order valence-corrected chi connectivity index (χ4v) is 4.90. The van der Waals surface area contributed by atoms with Gasteiger partial charge in [-0.1, -0.05) is 11.8 Å². The Bertz CT molecular complexity index is 1130. The van der Waals surface area contributed by atoms with Crippen molar-refractivity contribution in [1.29, 1.82) is 0 Å². The fraction of sp³-hybridized carbons (Fsp3) is 0.0714. The summed E-state index contributed by atoms with van der Waals surface area (Å²) in [5.74, 6) is 0.519. The summed E-state index contributed by atoms with van der Waals surface area (Å²) in [5, 5.41) is 12.6. The van der Waals surface area contributed by atoms with E-state index in [0.717, 1.165) is 14.6 Å². The van der Waals surface area contributed by atoms with E-state index in [-0.39, 0.29) is 11.2 Å². The number of non-ortho nitro benzene ring substituents is 1. The van der Waals surface area contributed by atoms with Gasteiger partial charge in [0.15, 0.2) is 9.30 Å². The van der Waals surface area contributed by atoms with Gasteiger partial charge in [0.25, 0.3) is 11.2 Å². The van der Waals surface area contributed by atoms with Crippen molar-refractivity contribution < 1.29 is 4.92 Å². The molecule has 0 saturated heterocycles. The van der Waals surface area contributed by atoms with Crippen molar-refractivity contribution in [2.45, 2.75) is 10.1 Å². The predicted octanol–water partition coefficient (Wildman–Crippen LogP) is 3.57. The van der Waals surface area contributed by atoms with Crippen LogP contribution in [0.15, 0.2) is 45.0 Å². The molecule has 120 valence electrons. The minimum absolute atomic E-state index is 0.0561. The van der Waals surface area contributed by atoms with E-state index in [0.29, 0.717) is 16.4 Å². The summed E-state index contributed by atoms with van der Waals surface area (Å²) < 4.78 is 3.07. The van der Waals surface area contributed by atoms with Gasteiger partial charge in [-0.3, -0.25) is 19.3 Å². The molecule has 0 saturated carbocycles. The molecule has 0 aliphatic heterocycles. The Morgan fingerprint density at radius 1 is 1.29 bits per heavy atom. The number of thioether (sulfide) groups is 1. The van der Waals surface area contributed by atoms with E-state index < -0.39 is 4.92 Å². The maximum atomic E-state index is 12.0. The lowest BCUT2D eigenvalue weighted by atomic mass is 10.3. The molecule has 4 rings (SSSR count). The summed E-state index contributed by atoms with van der Waals surface area (Å²) >= 11 is 4.27. The molecule has 0 N–H and O–H groups in total. The zero-order valence-electron chi connectivity index (χ0n) is 11.9. The van der Waals surface area contributed by atoms with E-state index in [1.807, 2.05) is 5.38 Å². The molecule has 1 aromatic carbocycles. The van der Waals surface area contributed by atoms with E-state index in [1.54, 1.807) is 12.3 Å². The molecule has 10 heteroatoms. The summed E-state index contributed by atoms with van der Waals surface area (Å²) in [5.41, 5.74) is 1.38. The summed E-state index contributed by atoms with van der Waals surface area (Å²) in [6.45, 7) is 0. The van der Waals surface area contributed by atoms with Crippen LogP contribution in [-0.2, 0) is 5.75 Å². The van der Waals surface area contributed by atoms with E-state index in [9.17, 15) is 14.9 Å². The van der Waals surface area contributed by atoms with Gasteiger partial charge >= 0.3 is 0 Å². The summed E-state index contributed by atoms with van der Waals surface area (Å²) in [6, 6.07) is 6.14. The minimum atomic E-state index is -0.417. The van der Waals surface area contributed by atoms with Crippen molar-refractivity contribution >= 4 is 55.3 Å². The van der Waals surface area contributed by atoms with Crippen LogP contribution < -0.4 is 5.56 Å². The van der Waals surface area contributed by atoms with Crippen molar-refractivity contribution in [1.82, 2.24) is 14.4 Å². The number of hydrogen-bond donors (Lipinski definition) is 0. The standard InChI is InChI=1S/C14H8N4O3S3/c19-12-5-8(15-13-17(12)3-4-22-13)7-23-14-16-10-2-1-9(18(20)21)6-11(10)24-14/h1-6H,7H2. The Hall–Kier alpha value is -2.30. The lowest BCUT2D eigenvalue weighted by Gasteiger charge is -1.98. The number of rotatable bonds is 4. The molecular formula is C14H8N4O3S3. The molecule has 24 heavy (non-hydrogen) atoms. The third-order valence-electron chi connectivity index (χ3n) is 3.26. The maximum Gasteiger partial charge on any atom is 0.270 e. The first-order chi connectivity index (χ1) is 11.6. The molecule has 0 atom stereocenters. The molecule has 3 aromatic heterocycles. The van der Waals surface area contributed by atoms with Gasteiger partial charge in [0.1, 0.15) is 0 Å². The molecule has 0 bridgehead atoms. The van der Waals surface area contributed by atoms with Crippen LogP contribution in [0.3, 0.4) is 0 Å². The molecule has 0 aliphatic rings. The van der Waals surface area contributed by atoms with E-state index in [2.05, 4.69) is 9.97 Å².